The van der Waals surface area contributed by atoms with Crippen LogP contribution < -0.4 is 0 Å². The zero-order valence-electron chi connectivity index (χ0n) is 10.5. The van der Waals surface area contributed by atoms with Gasteiger partial charge in [0, 0.05) is 18.9 Å². The number of Topliss-reactive ketones (excluding diaryl/α,β-unsaturated/α-hetero) is 1. The molecule has 0 atom stereocenters. The van der Waals surface area contributed by atoms with E-state index in [1.165, 1.54) is 13.0 Å². The Morgan fingerprint density at radius 3 is 2.47 bits per heavy atom. The predicted octanol–water partition coefficient (Wildman–Crippen LogP) is 1.77. The van der Waals surface area contributed by atoms with Crippen molar-refractivity contribution in [3.8, 4) is 0 Å². The first-order chi connectivity index (χ1) is 7.79. The van der Waals surface area contributed by atoms with E-state index in [0.717, 1.165) is 0 Å². The Labute approximate surface area is 100 Å². The lowest BCUT2D eigenvalue weighted by molar-refractivity contribution is 0.0654. The Kier molecular flexibility index (Phi) is 3.72. The molecule has 1 aromatic heterocycles. The van der Waals surface area contributed by atoms with E-state index in [1.807, 2.05) is 13.8 Å². The highest BCUT2D eigenvalue weighted by atomic mass is 16.5. The quantitative estimate of drug-likeness (QED) is 0.795. The third kappa shape index (κ3) is 2.74. The highest BCUT2D eigenvalue weighted by Crippen LogP contribution is 2.21. The zero-order valence-corrected chi connectivity index (χ0v) is 10.5. The van der Waals surface area contributed by atoms with Gasteiger partial charge in [-0.3, -0.25) is 4.79 Å². The smallest absolute Gasteiger partial charge is 0.352 e. The van der Waals surface area contributed by atoms with Crippen LogP contribution in [0.1, 0.15) is 41.6 Å². The topological polar surface area (TPSA) is 68.5 Å². The van der Waals surface area contributed by atoms with Gasteiger partial charge in [-0.25, -0.2) is 4.79 Å². The molecule has 1 N–H and O–H groups in total. The highest BCUT2D eigenvalue weighted by Gasteiger charge is 2.26. The van der Waals surface area contributed by atoms with Crippen LogP contribution in [0.3, 0.4) is 0 Å². The van der Waals surface area contributed by atoms with E-state index in [9.17, 15) is 9.59 Å². The number of rotatable bonds is 5. The molecule has 0 aliphatic rings. The predicted molar refractivity (Wildman–Crippen MR) is 62.6 cm³/mol. The maximum Gasteiger partial charge on any atom is 0.352 e. The summed E-state index contributed by atoms with van der Waals surface area (Å²) < 4.78 is 6.63. The van der Waals surface area contributed by atoms with Crippen molar-refractivity contribution in [2.24, 2.45) is 0 Å². The molecule has 1 heterocycles. The molecule has 0 aliphatic heterocycles. The molecule has 0 saturated heterocycles. The van der Waals surface area contributed by atoms with E-state index in [4.69, 9.17) is 9.84 Å². The van der Waals surface area contributed by atoms with Gasteiger partial charge >= 0.3 is 5.97 Å². The lowest BCUT2D eigenvalue weighted by Crippen LogP contribution is -2.33. The van der Waals surface area contributed by atoms with Crippen LogP contribution in [0.4, 0.5) is 0 Å². The number of carboxylic acid groups (broad SMARTS) is 1. The van der Waals surface area contributed by atoms with Crippen molar-refractivity contribution in [3.05, 3.63) is 23.5 Å². The maximum absolute atomic E-state index is 11.3. The molecule has 1 rings (SSSR count). The normalized spacial score (nSPS) is 11.5. The second kappa shape index (κ2) is 4.71. The van der Waals surface area contributed by atoms with Gasteiger partial charge < -0.3 is 14.4 Å². The molecule has 0 fully saturated rings. The van der Waals surface area contributed by atoms with Crippen molar-refractivity contribution < 1.29 is 19.4 Å². The number of carbonyl (C=O) groups is 2. The fourth-order valence-electron chi connectivity index (χ4n) is 1.74. The second-order valence-electron chi connectivity index (χ2n) is 4.59. The van der Waals surface area contributed by atoms with Crippen LogP contribution in [0.25, 0.3) is 0 Å². The van der Waals surface area contributed by atoms with E-state index in [0.29, 0.717) is 12.2 Å². The van der Waals surface area contributed by atoms with E-state index >= 15 is 0 Å². The average Bonchev–Trinajstić information content (AvgIpc) is 2.62. The SMILES string of the molecule is COCC(C)(C)n1cc(C(C)=O)cc1C(=O)O. The molecule has 5 heteroatoms. The molecule has 94 valence electrons. The van der Waals surface area contributed by atoms with Crippen LogP contribution in [0.2, 0.25) is 0 Å². The van der Waals surface area contributed by atoms with Gasteiger partial charge in [-0.2, -0.15) is 0 Å². The zero-order chi connectivity index (χ0) is 13.2. The minimum atomic E-state index is -1.05. The Hall–Kier alpha value is -1.62. The number of carboxylic acids is 1. The van der Waals surface area contributed by atoms with Crippen molar-refractivity contribution in [1.82, 2.24) is 4.57 Å². The van der Waals surface area contributed by atoms with Gasteiger partial charge in [0.15, 0.2) is 5.78 Å². The first-order valence-corrected chi connectivity index (χ1v) is 5.25. The third-order valence-electron chi connectivity index (χ3n) is 2.60. The molecule has 0 saturated carbocycles. The summed E-state index contributed by atoms with van der Waals surface area (Å²) in [6.45, 7) is 5.48. The summed E-state index contributed by atoms with van der Waals surface area (Å²) in [5, 5.41) is 9.12. The fourth-order valence-corrected chi connectivity index (χ4v) is 1.74. The molecule has 1 aromatic rings. The first kappa shape index (κ1) is 13.4. The van der Waals surface area contributed by atoms with Crippen LogP contribution in [0.15, 0.2) is 12.3 Å². The molecule has 5 nitrogen and oxygen atoms in total. The average molecular weight is 239 g/mol. The molecule has 0 aromatic carbocycles. The molecule has 0 spiro atoms. The Bertz CT molecular complexity index is 445. The molecule has 0 radical (unpaired) electrons. The van der Waals surface area contributed by atoms with Crippen LogP contribution in [0, 0.1) is 0 Å². The Balaban J connectivity index is 3.30. The molecule has 0 bridgehead atoms. The van der Waals surface area contributed by atoms with Gasteiger partial charge in [0.2, 0.25) is 0 Å². The van der Waals surface area contributed by atoms with E-state index in [1.54, 1.807) is 17.9 Å². The second-order valence-corrected chi connectivity index (χ2v) is 4.59. The number of carbonyl (C=O) groups excluding carboxylic acids is 1. The lowest BCUT2D eigenvalue weighted by atomic mass is 10.1. The number of ether oxygens (including phenoxy) is 1. The molecular formula is C12H17NO4. The van der Waals surface area contributed by atoms with Gasteiger partial charge in [0.25, 0.3) is 0 Å². The summed E-state index contributed by atoms with van der Waals surface area (Å²) >= 11 is 0. The van der Waals surface area contributed by atoms with Gasteiger partial charge in [-0.15, -0.1) is 0 Å². The number of hydrogen-bond donors (Lipinski definition) is 1. The highest BCUT2D eigenvalue weighted by molar-refractivity contribution is 5.97. The minimum Gasteiger partial charge on any atom is -0.477 e. The summed E-state index contributed by atoms with van der Waals surface area (Å²) in [6.07, 6.45) is 1.56. The number of aromatic nitrogens is 1. The van der Waals surface area contributed by atoms with E-state index in [2.05, 4.69) is 0 Å². The largest absolute Gasteiger partial charge is 0.477 e. The summed E-state index contributed by atoms with van der Waals surface area (Å²) in [5.74, 6) is -1.21. The summed E-state index contributed by atoms with van der Waals surface area (Å²) in [7, 11) is 1.55. The van der Waals surface area contributed by atoms with Gasteiger partial charge in [-0.1, -0.05) is 0 Å². The number of hydrogen-bond acceptors (Lipinski definition) is 3. The van der Waals surface area contributed by atoms with E-state index in [-0.39, 0.29) is 11.5 Å². The Morgan fingerprint density at radius 2 is 2.06 bits per heavy atom. The lowest BCUT2D eigenvalue weighted by Gasteiger charge is -2.27. The number of nitrogens with zero attached hydrogens (tertiary/aromatic N) is 1. The molecule has 0 unspecified atom stereocenters. The van der Waals surface area contributed by atoms with Crippen molar-refractivity contribution in [2.45, 2.75) is 26.3 Å². The van der Waals surface area contributed by atoms with Gasteiger partial charge in [0.1, 0.15) is 5.69 Å². The minimum absolute atomic E-state index is 0.0947. The first-order valence-electron chi connectivity index (χ1n) is 5.25. The van der Waals surface area contributed by atoms with E-state index < -0.39 is 11.5 Å². The monoisotopic (exact) mass is 239 g/mol. The maximum atomic E-state index is 11.3. The van der Waals surface area contributed by atoms with Gasteiger partial charge in [-0.05, 0) is 26.8 Å². The van der Waals surface area contributed by atoms with Crippen LogP contribution in [0.5, 0.6) is 0 Å². The summed E-state index contributed by atoms with van der Waals surface area (Å²) in [5.41, 5.74) is -0.0280. The van der Waals surface area contributed by atoms with Crippen LogP contribution in [-0.4, -0.2) is 35.1 Å². The molecule has 17 heavy (non-hydrogen) atoms. The summed E-state index contributed by atoms with van der Waals surface area (Å²) in [6, 6.07) is 1.39. The number of methoxy groups -OCH3 is 1. The number of ketones is 1. The van der Waals surface area contributed by atoms with Gasteiger partial charge in [0.05, 0.1) is 12.1 Å². The van der Waals surface area contributed by atoms with Crippen molar-refractivity contribution in [1.29, 1.82) is 0 Å². The van der Waals surface area contributed by atoms with Crippen molar-refractivity contribution >= 4 is 11.8 Å². The van der Waals surface area contributed by atoms with Crippen molar-refractivity contribution in [2.75, 3.05) is 13.7 Å². The molecular weight excluding hydrogens is 222 g/mol. The van der Waals surface area contributed by atoms with Crippen LogP contribution >= 0.6 is 0 Å². The fraction of sp³-hybridized carbons (Fsp3) is 0.500. The van der Waals surface area contributed by atoms with Crippen LogP contribution in [-0.2, 0) is 10.3 Å². The number of aromatic carboxylic acids is 1. The standard InChI is InChI=1S/C12H17NO4/c1-8(14)9-5-10(11(15)16)13(6-9)12(2,3)7-17-4/h5-6H,7H2,1-4H3,(H,15,16). The Morgan fingerprint density at radius 1 is 1.47 bits per heavy atom. The van der Waals surface area contributed by atoms with Crippen molar-refractivity contribution in [3.63, 3.8) is 0 Å². The third-order valence-corrected chi connectivity index (χ3v) is 2.60. The molecule has 0 aliphatic carbocycles. The molecule has 0 amide bonds. The summed E-state index contributed by atoms with van der Waals surface area (Å²) in [4.78, 5) is 22.4.